The normalized spacial score (nSPS) is 21.4. The molecule has 0 saturated carbocycles. The van der Waals surface area contributed by atoms with E-state index in [-0.39, 0.29) is 0 Å². The van der Waals surface area contributed by atoms with E-state index in [0.29, 0.717) is 6.04 Å². The summed E-state index contributed by atoms with van der Waals surface area (Å²) in [6, 6.07) is 2.61. The monoisotopic (exact) mass is 272 g/mol. The first-order chi connectivity index (χ1) is 7.31. The summed E-state index contributed by atoms with van der Waals surface area (Å²) in [6.45, 7) is 6.41. The van der Waals surface area contributed by atoms with E-state index >= 15 is 0 Å². The summed E-state index contributed by atoms with van der Waals surface area (Å²) in [6.07, 6.45) is 2.98. The molecule has 1 N–H and O–H groups in total. The summed E-state index contributed by atoms with van der Waals surface area (Å²) in [4.78, 5) is 2.46. The molecule has 1 aliphatic rings. The fourth-order valence-electron chi connectivity index (χ4n) is 2.07. The summed E-state index contributed by atoms with van der Waals surface area (Å²) in [5.74, 6) is 1.03. The third-order valence-corrected chi connectivity index (χ3v) is 3.70. The van der Waals surface area contributed by atoms with Gasteiger partial charge in [0.15, 0.2) is 0 Å². The maximum atomic E-state index is 5.45. The average Bonchev–Trinajstić information content (AvgIpc) is 2.86. The average molecular weight is 273 g/mol. The van der Waals surface area contributed by atoms with Crippen LogP contribution in [-0.2, 0) is 6.54 Å². The van der Waals surface area contributed by atoms with Crippen LogP contribution in [0.3, 0.4) is 0 Å². The molecule has 0 radical (unpaired) electrons. The van der Waals surface area contributed by atoms with Gasteiger partial charge in [0.2, 0.25) is 0 Å². The van der Waals surface area contributed by atoms with Gasteiger partial charge >= 0.3 is 0 Å². The van der Waals surface area contributed by atoms with Crippen LogP contribution in [0.5, 0.6) is 0 Å². The second-order valence-electron chi connectivity index (χ2n) is 3.90. The summed E-state index contributed by atoms with van der Waals surface area (Å²) in [7, 11) is 0. The first-order valence-corrected chi connectivity index (χ1v) is 6.27. The SMILES string of the molecule is CCN(Cc1occc1Br)C1CCNC1. The smallest absolute Gasteiger partial charge is 0.131 e. The second kappa shape index (κ2) is 5.14. The predicted molar refractivity (Wildman–Crippen MR) is 63.8 cm³/mol. The number of hydrogen-bond donors (Lipinski definition) is 1. The molecule has 0 aromatic carbocycles. The van der Waals surface area contributed by atoms with E-state index in [1.165, 1.54) is 6.42 Å². The number of rotatable bonds is 4. The molecule has 1 aliphatic heterocycles. The van der Waals surface area contributed by atoms with Crippen LogP contribution in [0, 0.1) is 0 Å². The van der Waals surface area contributed by atoms with E-state index in [4.69, 9.17) is 4.42 Å². The van der Waals surface area contributed by atoms with E-state index in [9.17, 15) is 0 Å². The van der Waals surface area contributed by atoms with Crippen LogP contribution < -0.4 is 5.32 Å². The molecular weight excluding hydrogens is 256 g/mol. The second-order valence-corrected chi connectivity index (χ2v) is 4.76. The summed E-state index contributed by atoms with van der Waals surface area (Å²) >= 11 is 3.50. The van der Waals surface area contributed by atoms with Gasteiger partial charge in [0.05, 0.1) is 17.3 Å². The molecule has 3 nitrogen and oxygen atoms in total. The van der Waals surface area contributed by atoms with Gasteiger partial charge in [-0.25, -0.2) is 0 Å². The van der Waals surface area contributed by atoms with Crippen LogP contribution >= 0.6 is 15.9 Å². The van der Waals surface area contributed by atoms with Crippen molar-refractivity contribution >= 4 is 15.9 Å². The Kier molecular flexibility index (Phi) is 3.83. The highest BCUT2D eigenvalue weighted by molar-refractivity contribution is 9.10. The maximum Gasteiger partial charge on any atom is 0.131 e. The molecule has 1 saturated heterocycles. The van der Waals surface area contributed by atoms with Crippen LogP contribution in [0.25, 0.3) is 0 Å². The molecule has 0 bridgehead atoms. The Morgan fingerprint density at radius 2 is 2.53 bits per heavy atom. The number of nitrogens with one attached hydrogen (secondary N) is 1. The zero-order valence-corrected chi connectivity index (χ0v) is 10.6. The van der Waals surface area contributed by atoms with Gasteiger partial charge in [-0.2, -0.15) is 0 Å². The van der Waals surface area contributed by atoms with E-state index in [1.54, 1.807) is 6.26 Å². The largest absolute Gasteiger partial charge is 0.467 e. The van der Waals surface area contributed by atoms with Crippen molar-refractivity contribution in [2.24, 2.45) is 0 Å². The first kappa shape index (κ1) is 11.2. The van der Waals surface area contributed by atoms with Crippen LogP contribution in [-0.4, -0.2) is 30.6 Å². The van der Waals surface area contributed by atoms with E-state index in [0.717, 1.165) is 36.4 Å². The molecule has 0 aliphatic carbocycles. The van der Waals surface area contributed by atoms with Crippen LogP contribution in [0.15, 0.2) is 21.2 Å². The highest BCUT2D eigenvalue weighted by Crippen LogP contribution is 2.21. The van der Waals surface area contributed by atoms with Crippen LogP contribution in [0.1, 0.15) is 19.1 Å². The van der Waals surface area contributed by atoms with Gasteiger partial charge in [-0.3, -0.25) is 4.90 Å². The lowest BCUT2D eigenvalue weighted by Gasteiger charge is -2.25. The topological polar surface area (TPSA) is 28.4 Å². The Morgan fingerprint density at radius 1 is 1.67 bits per heavy atom. The fraction of sp³-hybridized carbons (Fsp3) is 0.636. The number of halogens is 1. The van der Waals surface area contributed by atoms with Gasteiger partial charge in [-0.05, 0) is 41.5 Å². The number of likely N-dealkylation sites (N-methyl/N-ethyl adjacent to an activating group) is 1. The quantitative estimate of drug-likeness (QED) is 0.911. The molecule has 1 atom stereocenters. The van der Waals surface area contributed by atoms with E-state index in [1.807, 2.05) is 6.07 Å². The minimum atomic E-state index is 0.659. The Labute approximate surface area is 99.0 Å². The van der Waals surface area contributed by atoms with Crippen molar-refractivity contribution in [2.45, 2.75) is 25.9 Å². The molecule has 1 aromatic rings. The van der Waals surface area contributed by atoms with Gasteiger partial charge in [0.25, 0.3) is 0 Å². The van der Waals surface area contributed by atoms with Gasteiger partial charge in [-0.1, -0.05) is 6.92 Å². The van der Waals surface area contributed by atoms with Gasteiger partial charge in [0.1, 0.15) is 5.76 Å². The molecule has 15 heavy (non-hydrogen) atoms. The van der Waals surface area contributed by atoms with E-state index in [2.05, 4.69) is 33.1 Å². The molecule has 1 unspecified atom stereocenters. The fourth-order valence-corrected chi connectivity index (χ4v) is 2.40. The van der Waals surface area contributed by atoms with Crippen molar-refractivity contribution in [2.75, 3.05) is 19.6 Å². The lowest BCUT2D eigenvalue weighted by Crippen LogP contribution is -2.36. The van der Waals surface area contributed by atoms with Gasteiger partial charge in [0, 0.05) is 12.6 Å². The Bertz CT molecular complexity index is 307. The minimum Gasteiger partial charge on any atom is -0.467 e. The summed E-state index contributed by atoms with van der Waals surface area (Å²) in [5, 5.41) is 3.40. The standard InChI is InChI=1S/C11H17BrN2O/c1-2-14(9-3-5-13-7-9)8-11-10(12)4-6-15-11/h4,6,9,13H,2-3,5,7-8H2,1H3. The van der Waals surface area contributed by atoms with Gasteiger partial charge < -0.3 is 9.73 Å². The van der Waals surface area contributed by atoms with Crippen molar-refractivity contribution in [1.82, 2.24) is 10.2 Å². The van der Waals surface area contributed by atoms with Gasteiger partial charge in [-0.15, -0.1) is 0 Å². The molecule has 4 heteroatoms. The molecule has 2 heterocycles. The van der Waals surface area contributed by atoms with Crippen molar-refractivity contribution in [3.8, 4) is 0 Å². The zero-order chi connectivity index (χ0) is 10.7. The molecular formula is C11H17BrN2O. The number of furan rings is 1. The third kappa shape index (κ3) is 2.62. The minimum absolute atomic E-state index is 0.659. The van der Waals surface area contributed by atoms with Crippen molar-refractivity contribution in [3.63, 3.8) is 0 Å². The highest BCUT2D eigenvalue weighted by atomic mass is 79.9. The predicted octanol–water partition coefficient (Wildman–Crippen LogP) is 2.23. The number of nitrogens with zero attached hydrogens (tertiary/aromatic N) is 1. The third-order valence-electron chi connectivity index (χ3n) is 2.99. The molecule has 0 spiro atoms. The first-order valence-electron chi connectivity index (χ1n) is 5.48. The summed E-state index contributed by atoms with van der Waals surface area (Å²) in [5.41, 5.74) is 0. The molecule has 1 fully saturated rings. The van der Waals surface area contributed by atoms with Crippen molar-refractivity contribution in [1.29, 1.82) is 0 Å². The maximum absolute atomic E-state index is 5.45. The zero-order valence-electron chi connectivity index (χ0n) is 9.00. The molecule has 0 amide bonds. The molecule has 84 valence electrons. The van der Waals surface area contributed by atoms with Crippen molar-refractivity contribution in [3.05, 3.63) is 22.6 Å². The summed E-state index contributed by atoms with van der Waals surface area (Å²) < 4.78 is 6.52. The lowest BCUT2D eigenvalue weighted by molar-refractivity contribution is 0.194. The molecule has 2 rings (SSSR count). The Balaban J connectivity index is 1.98. The van der Waals surface area contributed by atoms with Crippen LogP contribution in [0.2, 0.25) is 0 Å². The number of hydrogen-bond acceptors (Lipinski definition) is 3. The molecule has 1 aromatic heterocycles. The van der Waals surface area contributed by atoms with Crippen LogP contribution in [0.4, 0.5) is 0 Å². The Hall–Kier alpha value is -0.320. The highest BCUT2D eigenvalue weighted by Gasteiger charge is 2.22. The Morgan fingerprint density at radius 3 is 3.07 bits per heavy atom. The van der Waals surface area contributed by atoms with Crippen molar-refractivity contribution < 1.29 is 4.42 Å². The lowest BCUT2D eigenvalue weighted by atomic mass is 10.2. The van der Waals surface area contributed by atoms with E-state index < -0.39 is 0 Å².